The summed E-state index contributed by atoms with van der Waals surface area (Å²) in [5.74, 6) is 0. The maximum absolute atomic E-state index is 4.58. The molecule has 0 radical (unpaired) electrons. The average molecular weight is 231 g/mol. The second-order valence-electron chi connectivity index (χ2n) is 4.17. The van der Waals surface area contributed by atoms with Crippen molar-refractivity contribution in [3.8, 4) is 0 Å². The second-order valence-corrected chi connectivity index (χ2v) is 4.17. The van der Waals surface area contributed by atoms with Crippen LogP contribution in [0.15, 0.2) is 77.8 Å². The van der Waals surface area contributed by atoms with E-state index < -0.39 is 0 Å². The molecule has 3 aromatic rings. The van der Waals surface area contributed by atoms with Gasteiger partial charge in [-0.3, -0.25) is 4.99 Å². The van der Waals surface area contributed by atoms with E-state index in [1.54, 1.807) is 0 Å². The number of aliphatic imine (C=N–C) groups is 1. The molecular weight excluding hydrogens is 218 g/mol. The highest BCUT2D eigenvalue weighted by atomic mass is 14.7. The van der Waals surface area contributed by atoms with E-state index in [4.69, 9.17) is 0 Å². The van der Waals surface area contributed by atoms with Crippen LogP contribution in [0.1, 0.15) is 5.56 Å². The Kier molecular flexibility index (Phi) is 2.89. The SMILES string of the molecule is C(=N\c1cccc2ccccc12)/c1ccccc1. The summed E-state index contributed by atoms with van der Waals surface area (Å²) in [5, 5.41) is 2.41. The van der Waals surface area contributed by atoms with Crippen LogP contribution in [-0.2, 0) is 0 Å². The fourth-order valence-corrected chi connectivity index (χ4v) is 2.00. The molecule has 3 rings (SSSR count). The Balaban J connectivity index is 2.03. The Labute approximate surface area is 106 Å². The van der Waals surface area contributed by atoms with Gasteiger partial charge in [0.1, 0.15) is 0 Å². The largest absolute Gasteiger partial charge is 0.256 e. The minimum atomic E-state index is 1.01. The first-order valence-corrected chi connectivity index (χ1v) is 6.00. The van der Waals surface area contributed by atoms with Gasteiger partial charge in [0.05, 0.1) is 5.69 Å². The van der Waals surface area contributed by atoms with Crippen molar-refractivity contribution >= 4 is 22.7 Å². The fraction of sp³-hybridized carbons (Fsp3) is 0. The molecule has 0 amide bonds. The van der Waals surface area contributed by atoms with E-state index >= 15 is 0 Å². The molecule has 0 aromatic heterocycles. The van der Waals surface area contributed by atoms with Crippen molar-refractivity contribution in [1.29, 1.82) is 0 Å². The highest BCUT2D eigenvalue weighted by molar-refractivity contribution is 5.95. The van der Waals surface area contributed by atoms with Gasteiger partial charge < -0.3 is 0 Å². The average Bonchev–Trinajstić information content (AvgIpc) is 2.46. The third kappa shape index (κ3) is 2.16. The lowest BCUT2D eigenvalue weighted by atomic mass is 10.1. The summed E-state index contributed by atoms with van der Waals surface area (Å²) in [6, 6.07) is 24.6. The standard InChI is InChI=1S/C17H13N/c1-2-7-14(8-3-1)13-18-17-12-6-10-15-9-4-5-11-16(15)17/h1-13H/b18-13+. The van der Waals surface area contributed by atoms with Crippen LogP contribution in [0.25, 0.3) is 10.8 Å². The van der Waals surface area contributed by atoms with E-state index in [2.05, 4.69) is 35.3 Å². The summed E-state index contributed by atoms with van der Waals surface area (Å²) in [7, 11) is 0. The van der Waals surface area contributed by atoms with Gasteiger partial charge in [-0.1, -0.05) is 66.7 Å². The van der Waals surface area contributed by atoms with Gasteiger partial charge in [-0.15, -0.1) is 0 Å². The highest BCUT2D eigenvalue weighted by Gasteiger charge is 1.96. The molecule has 0 saturated carbocycles. The lowest BCUT2D eigenvalue weighted by molar-refractivity contribution is 1.56. The first-order valence-electron chi connectivity index (χ1n) is 6.00. The number of rotatable bonds is 2. The summed E-state index contributed by atoms with van der Waals surface area (Å²) in [5.41, 5.74) is 2.13. The molecule has 0 aliphatic heterocycles. The van der Waals surface area contributed by atoms with Gasteiger partial charge in [0, 0.05) is 11.6 Å². The molecular formula is C17H13N. The molecule has 0 N–H and O–H groups in total. The number of hydrogen-bond donors (Lipinski definition) is 0. The third-order valence-electron chi connectivity index (χ3n) is 2.92. The third-order valence-corrected chi connectivity index (χ3v) is 2.92. The summed E-state index contributed by atoms with van der Waals surface area (Å²) >= 11 is 0. The van der Waals surface area contributed by atoms with Crippen molar-refractivity contribution in [3.05, 3.63) is 78.4 Å². The van der Waals surface area contributed by atoms with Gasteiger partial charge in [-0.05, 0) is 17.0 Å². The molecule has 0 bridgehead atoms. The summed E-state index contributed by atoms with van der Waals surface area (Å²) in [6.07, 6.45) is 1.90. The number of fused-ring (bicyclic) bond motifs is 1. The van der Waals surface area contributed by atoms with E-state index in [9.17, 15) is 0 Å². The van der Waals surface area contributed by atoms with Crippen molar-refractivity contribution in [3.63, 3.8) is 0 Å². The van der Waals surface area contributed by atoms with Gasteiger partial charge in [-0.2, -0.15) is 0 Å². The van der Waals surface area contributed by atoms with Gasteiger partial charge in [-0.25, -0.2) is 0 Å². The van der Waals surface area contributed by atoms with Crippen molar-refractivity contribution in [1.82, 2.24) is 0 Å². The molecule has 0 fully saturated rings. The Hall–Kier alpha value is -2.41. The second kappa shape index (κ2) is 4.84. The van der Waals surface area contributed by atoms with Crippen LogP contribution in [-0.4, -0.2) is 6.21 Å². The van der Waals surface area contributed by atoms with Crippen LogP contribution in [0, 0.1) is 0 Å². The predicted molar refractivity (Wildman–Crippen MR) is 77.6 cm³/mol. The van der Waals surface area contributed by atoms with Crippen molar-refractivity contribution in [2.24, 2.45) is 4.99 Å². The van der Waals surface area contributed by atoms with Crippen LogP contribution in [0.5, 0.6) is 0 Å². The van der Waals surface area contributed by atoms with E-state index in [0.29, 0.717) is 0 Å². The zero-order valence-corrected chi connectivity index (χ0v) is 9.95. The summed E-state index contributed by atoms with van der Waals surface area (Å²) < 4.78 is 0. The topological polar surface area (TPSA) is 12.4 Å². The Bertz CT molecular complexity index is 679. The lowest BCUT2D eigenvalue weighted by Crippen LogP contribution is -1.79. The van der Waals surface area contributed by atoms with Crippen LogP contribution >= 0.6 is 0 Å². The van der Waals surface area contributed by atoms with Crippen LogP contribution in [0.3, 0.4) is 0 Å². The van der Waals surface area contributed by atoms with E-state index in [1.165, 1.54) is 10.8 Å². The molecule has 0 heterocycles. The van der Waals surface area contributed by atoms with Gasteiger partial charge in [0.25, 0.3) is 0 Å². The van der Waals surface area contributed by atoms with Crippen LogP contribution in [0.4, 0.5) is 5.69 Å². The molecule has 0 aliphatic rings. The molecule has 0 atom stereocenters. The molecule has 86 valence electrons. The summed E-state index contributed by atoms with van der Waals surface area (Å²) in [4.78, 5) is 4.58. The molecule has 1 nitrogen and oxygen atoms in total. The zero-order chi connectivity index (χ0) is 12.2. The van der Waals surface area contributed by atoms with E-state index in [-0.39, 0.29) is 0 Å². The monoisotopic (exact) mass is 231 g/mol. The maximum atomic E-state index is 4.58. The smallest absolute Gasteiger partial charge is 0.0708 e. The fourth-order valence-electron chi connectivity index (χ4n) is 2.00. The molecule has 0 unspecified atom stereocenters. The molecule has 0 spiro atoms. The molecule has 0 saturated heterocycles. The molecule has 18 heavy (non-hydrogen) atoms. The van der Waals surface area contributed by atoms with Crippen molar-refractivity contribution < 1.29 is 0 Å². The van der Waals surface area contributed by atoms with Crippen molar-refractivity contribution in [2.45, 2.75) is 0 Å². The Morgan fingerprint density at radius 1 is 0.667 bits per heavy atom. The predicted octanol–water partition coefficient (Wildman–Crippen LogP) is 4.59. The van der Waals surface area contributed by atoms with E-state index in [0.717, 1.165) is 11.3 Å². The van der Waals surface area contributed by atoms with E-state index in [1.807, 2.05) is 48.7 Å². The zero-order valence-electron chi connectivity index (χ0n) is 9.95. The minimum Gasteiger partial charge on any atom is -0.256 e. The van der Waals surface area contributed by atoms with Gasteiger partial charge in [0.15, 0.2) is 0 Å². The first kappa shape index (κ1) is 10.7. The van der Waals surface area contributed by atoms with Crippen LogP contribution < -0.4 is 0 Å². The molecule has 3 aromatic carbocycles. The molecule has 1 heteroatoms. The molecule has 0 aliphatic carbocycles. The lowest BCUT2D eigenvalue weighted by Gasteiger charge is -2.01. The first-order chi connectivity index (χ1) is 8.93. The van der Waals surface area contributed by atoms with Crippen molar-refractivity contribution in [2.75, 3.05) is 0 Å². The Morgan fingerprint density at radius 2 is 1.39 bits per heavy atom. The number of benzene rings is 3. The number of nitrogens with zero attached hydrogens (tertiary/aromatic N) is 1. The normalized spacial score (nSPS) is 11.1. The van der Waals surface area contributed by atoms with Crippen LogP contribution in [0.2, 0.25) is 0 Å². The minimum absolute atomic E-state index is 1.01. The summed E-state index contributed by atoms with van der Waals surface area (Å²) in [6.45, 7) is 0. The Morgan fingerprint density at radius 3 is 2.28 bits per heavy atom. The maximum Gasteiger partial charge on any atom is 0.0708 e. The van der Waals surface area contributed by atoms with Gasteiger partial charge >= 0.3 is 0 Å². The quantitative estimate of drug-likeness (QED) is 0.572. The van der Waals surface area contributed by atoms with Gasteiger partial charge in [0.2, 0.25) is 0 Å². The number of hydrogen-bond acceptors (Lipinski definition) is 1. The highest BCUT2D eigenvalue weighted by Crippen LogP contribution is 2.25.